The first-order valence-corrected chi connectivity index (χ1v) is 14.9. The van der Waals surface area contributed by atoms with Gasteiger partial charge >= 0.3 is 6.18 Å². The number of hydrogen-bond donors (Lipinski definition) is 0. The first-order chi connectivity index (χ1) is 20.7. The Bertz CT molecular complexity index is 1600. The Balaban J connectivity index is 1.15. The van der Waals surface area contributed by atoms with Crippen molar-refractivity contribution in [2.24, 2.45) is 0 Å². The molecule has 11 heteroatoms. The summed E-state index contributed by atoms with van der Waals surface area (Å²) in [6, 6.07) is 19.2. The molecule has 43 heavy (non-hydrogen) atoms. The summed E-state index contributed by atoms with van der Waals surface area (Å²) in [6.07, 6.45) is -4.42. The fraction of sp³-hybridized carbons (Fsp3) is 0.312. The summed E-state index contributed by atoms with van der Waals surface area (Å²) in [4.78, 5) is 24.1. The average Bonchev–Trinajstić information content (AvgIpc) is 3.66. The van der Waals surface area contributed by atoms with E-state index in [2.05, 4.69) is 28.9 Å². The number of benzene rings is 3. The highest BCUT2D eigenvalue weighted by Crippen LogP contribution is 2.34. The zero-order valence-electron chi connectivity index (χ0n) is 23.6. The van der Waals surface area contributed by atoms with Crippen LogP contribution in [0.15, 0.2) is 72.1 Å². The number of ether oxygens (including phenoxy) is 2. The highest BCUT2D eigenvalue weighted by atomic mass is 32.1. The molecular weight excluding hydrogens is 577 g/mol. The van der Waals surface area contributed by atoms with Gasteiger partial charge in [0.1, 0.15) is 10.7 Å². The van der Waals surface area contributed by atoms with Crippen molar-refractivity contribution < 1.29 is 27.4 Å². The van der Waals surface area contributed by atoms with Crippen molar-refractivity contribution >= 4 is 22.9 Å². The van der Waals surface area contributed by atoms with Crippen LogP contribution in [0.1, 0.15) is 37.7 Å². The maximum absolute atomic E-state index is 13.4. The Kier molecular flexibility index (Phi) is 8.27. The second-order valence-corrected chi connectivity index (χ2v) is 11.7. The third-order valence-corrected chi connectivity index (χ3v) is 8.49. The number of rotatable bonds is 8. The third-order valence-electron chi connectivity index (χ3n) is 7.66. The van der Waals surface area contributed by atoms with Gasteiger partial charge in [-0.2, -0.15) is 13.2 Å². The third kappa shape index (κ3) is 6.78. The topological polar surface area (TPSA) is 58.1 Å². The van der Waals surface area contributed by atoms with E-state index in [1.165, 1.54) is 34.7 Å². The number of para-hydroxylation sites is 1. The van der Waals surface area contributed by atoms with Crippen LogP contribution in [-0.2, 0) is 25.8 Å². The average molecular weight is 609 g/mol. The van der Waals surface area contributed by atoms with E-state index in [0.29, 0.717) is 48.9 Å². The minimum Gasteiger partial charge on any atom is -0.454 e. The molecule has 0 saturated carbocycles. The molecule has 0 N–H and O–H groups in total. The predicted octanol–water partition coefficient (Wildman–Crippen LogP) is 6.36. The molecule has 1 aromatic heterocycles. The largest absolute Gasteiger partial charge is 0.454 e. The number of anilines is 1. The molecule has 6 rings (SSSR count). The van der Waals surface area contributed by atoms with Gasteiger partial charge in [-0.25, -0.2) is 4.98 Å². The van der Waals surface area contributed by atoms with Gasteiger partial charge < -0.3 is 19.3 Å². The lowest BCUT2D eigenvalue weighted by atomic mass is 10.1. The van der Waals surface area contributed by atoms with Crippen molar-refractivity contribution in [1.29, 1.82) is 0 Å². The molecule has 3 aromatic carbocycles. The molecule has 3 heterocycles. The molecule has 1 fully saturated rings. The predicted molar refractivity (Wildman–Crippen MR) is 158 cm³/mol. The summed E-state index contributed by atoms with van der Waals surface area (Å²) in [5, 5.41) is 2.49. The van der Waals surface area contributed by atoms with Gasteiger partial charge in [-0.1, -0.05) is 42.5 Å². The lowest BCUT2D eigenvalue weighted by Gasteiger charge is -2.36. The van der Waals surface area contributed by atoms with E-state index in [1.54, 1.807) is 11.4 Å². The SMILES string of the molecule is Cc1ccccc1N1CCN(C(=O)c2csc(CN(Cc3cccc(C(F)(F)F)c3)Cc3ccc4c(c3)OCO4)n2)CC1. The van der Waals surface area contributed by atoms with Crippen molar-refractivity contribution in [2.45, 2.75) is 32.7 Å². The Morgan fingerprint density at radius 2 is 1.65 bits per heavy atom. The quantitative estimate of drug-likeness (QED) is 0.232. The minimum atomic E-state index is -4.42. The van der Waals surface area contributed by atoms with Crippen LogP contribution >= 0.6 is 11.3 Å². The van der Waals surface area contributed by atoms with Crippen LogP contribution in [0, 0.1) is 6.92 Å². The fourth-order valence-electron chi connectivity index (χ4n) is 5.47. The standard InChI is InChI=1S/C32H31F3N4O3S/c1-22-5-2-3-8-27(22)38-11-13-39(14-12-38)31(40)26-20-43-30(36-26)19-37(17-23-6-4-7-25(15-23)32(33,34)35)18-24-9-10-28-29(16-24)42-21-41-28/h2-10,15-16,20H,11-14,17-19,21H2,1H3. The van der Waals surface area contributed by atoms with E-state index < -0.39 is 11.7 Å². The Morgan fingerprint density at radius 3 is 2.42 bits per heavy atom. The van der Waals surface area contributed by atoms with Gasteiger partial charge in [0.05, 0.1) is 12.1 Å². The van der Waals surface area contributed by atoms with E-state index in [4.69, 9.17) is 9.47 Å². The maximum Gasteiger partial charge on any atom is 0.416 e. The number of amides is 1. The lowest BCUT2D eigenvalue weighted by molar-refractivity contribution is -0.137. The molecule has 7 nitrogen and oxygen atoms in total. The summed E-state index contributed by atoms with van der Waals surface area (Å²) >= 11 is 1.38. The number of thiazole rings is 1. The summed E-state index contributed by atoms with van der Waals surface area (Å²) in [7, 11) is 0. The van der Waals surface area contributed by atoms with Crippen molar-refractivity contribution in [3.63, 3.8) is 0 Å². The number of carbonyl (C=O) groups is 1. The van der Waals surface area contributed by atoms with Gasteiger partial charge in [0.25, 0.3) is 5.91 Å². The molecule has 224 valence electrons. The molecule has 0 unspecified atom stereocenters. The number of aryl methyl sites for hydroxylation is 1. The summed E-state index contributed by atoms with van der Waals surface area (Å²) in [5.74, 6) is 1.20. The van der Waals surface area contributed by atoms with Crippen LogP contribution in [-0.4, -0.2) is 53.7 Å². The Labute approximate surface area is 252 Å². The van der Waals surface area contributed by atoms with Crippen LogP contribution in [0.4, 0.5) is 18.9 Å². The molecule has 0 atom stereocenters. The first kappa shape index (κ1) is 29.0. The lowest BCUT2D eigenvalue weighted by Crippen LogP contribution is -2.49. The van der Waals surface area contributed by atoms with Gasteiger partial charge in [-0.05, 0) is 47.9 Å². The Morgan fingerprint density at radius 1 is 0.907 bits per heavy atom. The molecule has 4 aromatic rings. The summed E-state index contributed by atoms with van der Waals surface area (Å²) in [5.41, 5.74) is 3.57. The van der Waals surface area contributed by atoms with E-state index in [1.807, 2.05) is 40.1 Å². The highest BCUT2D eigenvalue weighted by Gasteiger charge is 2.30. The van der Waals surface area contributed by atoms with E-state index in [-0.39, 0.29) is 19.2 Å². The molecule has 1 amide bonds. The molecular formula is C32H31F3N4O3S. The number of carbonyl (C=O) groups excluding carboxylic acids is 1. The number of alkyl halides is 3. The zero-order chi connectivity index (χ0) is 30.0. The van der Waals surface area contributed by atoms with Crippen LogP contribution in [0.5, 0.6) is 11.5 Å². The smallest absolute Gasteiger partial charge is 0.416 e. The van der Waals surface area contributed by atoms with Crippen molar-refractivity contribution in [3.05, 3.63) is 105 Å². The molecule has 0 radical (unpaired) electrons. The van der Waals surface area contributed by atoms with Crippen molar-refractivity contribution in [1.82, 2.24) is 14.8 Å². The number of hydrogen-bond acceptors (Lipinski definition) is 7. The van der Waals surface area contributed by atoms with E-state index in [0.717, 1.165) is 29.7 Å². The van der Waals surface area contributed by atoms with E-state index in [9.17, 15) is 18.0 Å². The van der Waals surface area contributed by atoms with Crippen molar-refractivity contribution in [2.75, 3.05) is 37.9 Å². The Hall–Kier alpha value is -4.09. The number of nitrogens with zero attached hydrogens (tertiary/aromatic N) is 4. The normalized spacial score (nSPS) is 14.9. The number of halogens is 3. The van der Waals surface area contributed by atoms with Gasteiger partial charge in [0.2, 0.25) is 6.79 Å². The second-order valence-electron chi connectivity index (χ2n) is 10.7. The number of aromatic nitrogens is 1. The monoisotopic (exact) mass is 608 g/mol. The highest BCUT2D eigenvalue weighted by molar-refractivity contribution is 7.09. The summed E-state index contributed by atoms with van der Waals surface area (Å²) < 4.78 is 51.1. The second kappa shape index (κ2) is 12.3. The maximum atomic E-state index is 13.4. The van der Waals surface area contributed by atoms with Gasteiger partial charge in [0, 0.05) is 50.3 Å². The first-order valence-electron chi connectivity index (χ1n) is 14.0. The van der Waals surface area contributed by atoms with Gasteiger partial charge in [-0.15, -0.1) is 11.3 Å². The molecule has 2 aliphatic rings. The van der Waals surface area contributed by atoms with Gasteiger partial charge in [0.15, 0.2) is 11.5 Å². The molecule has 0 aliphatic carbocycles. The van der Waals surface area contributed by atoms with Crippen LogP contribution in [0.25, 0.3) is 0 Å². The van der Waals surface area contributed by atoms with Crippen molar-refractivity contribution in [3.8, 4) is 11.5 Å². The summed E-state index contributed by atoms with van der Waals surface area (Å²) in [6.45, 7) is 6.01. The number of fused-ring (bicyclic) bond motifs is 1. The van der Waals surface area contributed by atoms with Gasteiger partial charge in [-0.3, -0.25) is 9.69 Å². The molecule has 2 aliphatic heterocycles. The van der Waals surface area contributed by atoms with Crippen LogP contribution in [0.2, 0.25) is 0 Å². The molecule has 0 bridgehead atoms. The van der Waals surface area contributed by atoms with E-state index >= 15 is 0 Å². The number of piperazine rings is 1. The molecule has 0 spiro atoms. The zero-order valence-corrected chi connectivity index (χ0v) is 24.5. The van der Waals surface area contributed by atoms with Crippen LogP contribution in [0.3, 0.4) is 0 Å². The minimum absolute atomic E-state index is 0.105. The van der Waals surface area contributed by atoms with Crippen LogP contribution < -0.4 is 14.4 Å². The fourth-order valence-corrected chi connectivity index (χ4v) is 6.28. The molecule has 1 saturated heterocycles.